The lowest BCUT2D eigenvalue weighted by Gasteiger charge is -2.27. The van der Waals surface area contributed by atoms with Gasteiger partial charge in [0.05, 0.1) is 0 Å². The Morgan fingerprint density at radius 1 is 0.778 bits per heavy atom. The highest BCUT2D eigenvalue weighted by atomic mass is 16.5. The van der Waals surface area contributed by atoms with E-state index in [0.717, 1.165) is 16.9 Å². The van der Waals surface area contributed by atoms with Crippen molar-refractivity contribution >= 4 is 5.91 Å². The molecule has 3 nitrogen and oxygen atoms in total. The lowest BCUT2D eigenvalue weighted by Crippen LogP contribution is -2.41. The van der Waals surface area contributed by atoms with Crippen molar-refractivity contribution in [2.45, 2.75) is 32.5 Å². The normalized spacial score (nSPS) is 11.6. The molecule has 3 heteroatoms. The zero-order valence-electron chi connectivity index (χ0n) is 15.6. The molecule has 0 saturated carbocycles. The van der Waals surface area contributed by atoms with Crippen LogP contribution < -0.4 is 4.74 Å². The second kappa shape index (κ2) is 9.58. The fourth-order valence-corrected chi connectivity index (χ4v) is 2.99. The smallest absolute Gasteiger partial charge is 0.264 e. The molecule has 3 rings (SSSR count). The molecule has 0 aliphatic rings. The van der Waals surface area contributed by atoms with Crippen LogP contribution in [0.15, 0.2) is 91.0 Å². The zero-order valence-corrected chi connectivity index (χ0v) is 15.6. The van der Waals surface area contributed by atoms with E-state index < -0.39 is 6.10 Å². The van der Waals surface area contributed by atoms with Gasteiger partial charge in [-0.15, -0.1) is 0 Å². The number of amides is 1. The van der Waals surface area contributed by atoms with Gasteiger partial charge in [0, 0.05) is 13.1 Å². The first-order valence-electron chi connectivity index (χ1n) is 9.34. The van der Waals surface area contributed by atoms with E-state index in [1.807, 2.05) is 103 Å². The Balaban J connectivity index is 1.79. The van der Waals surface area contributed by atoms with Crippen molar-refractivity contribution in [1.82, 2.24) is 4.90 Å². The van der Waals surface area contributed by atoms with Crippen molar-refractivity contribution in [3.05, 3.63) is 102 Å². The minimum atomic E-state index is -0.500. The largest absolute Gasteiger partial charge is 0.481 e. The first-order chi connectivity index (χ1) is 13.3. The molecule has 0 fully saturated rings. The van der Waals surface area contributed by atoms with Gasteiger partial charge in [0.15, 0.2) is 6.10 Å². The van der Waals surface area contributed by atoms with E-state index in [9.17, 15) is 4.79 Å². The molecule has 0 aliphatic carbocycles. The fraction of sp³-hybridized carbons (Fsp3) is 0.208. The van der Waals surface area contributed by atoms with Crippen LogP contribution in [0.5, 0.6) is 5.75 Å². The lowest BCUT2D eigenvalue weighted by molar-refractivity contribution is -0.140. The molecule has 138 valence electrons. The predicted octanol–water partition coefficient (Wildman–Crippen LogP) is 5.07. The van der Waals surface area contributed by atoms with Gasteiger partial charge in [-0.1, -0.05) is 85.8 Å². The number of para-hydroxylation sites is 1. The molecule has 0 saturated heterocycles. The maximum absolute atomic E-state index is 13.3. The summed E-state index contributed by atoms with van der Waals surface area (Å²) in [6.45, 7) is 3.10. The van der Waals surface area contributed by atoms with Gasteiger partial charge in [0.1, 0.15) is 5.75 Å². The Morgan fingerprint density at radius 2 is 1.22 bits per heavy atom. The molecule has 0 heterocycles. The van der Waals surface area contributed by atoms with Crippen molar-refractivity contribution < 1.29 is 9.53 Å². The van der Waals surface area contributed by atoms with Crippen LogP contribution in [0.25, 0.3) is 0 Å². The van der Waals surface area contributed by atoms with Crippen molar-refractivity contribution in [3.63, 3.8) is 0 Å². The van der Waals surface area contributed by atoms with Gasteiger partial charge >= 0.3 is 0 Å². The van der Waals surface area contributed by atoms with Crippen LogP contribution in [-0.4, -0.2) is 16.9 Å². The molecule has 0 radical (unpaired) electrons. The third kappa shape index (κ3) is 5.45. The van der Waals surface area contributed by atoms with Gasteiger partial charge in [-0.25, -0.2) is 0 Å². The highest BCUT2D eigenvalue weighted by Crippen LogP contribution is 2.17. The Kier molecular flexibility index (Phi) is 6.64. The minimum absolute atomic E-state index is 0.00839. The second-order valence-electron chi connectivity index (χ2n) is 6.49. The molecule has 3 aromatic rings. The molecule has 3 aromatic carbocycles. The van der Waals surface area contributed by atoms with E-state index in [2.05, 4.69) is 0 Å². The summed E-state index contributed by atoms with van der Waals surface area (Å²) < 4.78 is 5.99. The Bertz CT molecular complexity index is 777. The summed E-state index contributed by atoms with van der Waals surface area (Å²) in [5.74, 6) is 0.728. The first-order valence-corrected chi connectivity index (χ1v) is 9.34. The highest BCUT2D eigenvalue weighted by Gasteiger charge is 2.25. The molecule has 27 heavy (non-hydrogen) atoms. The van der Waals surface area contributed by atoms with Crippen molar-refractivity contribution in [1.29, 1.82) is 0 Å². The Hall–Kier alpha value is -3.07. The van der Waals surface area contributed by atoms with Crippen LogP contribution in [0.1, 0.15) is 24.5 Å². The van der Waals surface area contributed by atoms with Gasteiger partial charge in [0.25, 0.3) is 5.91 Å². The molecule has 0 aromatic heterocycles. The number of hydrogen-bond donors (Lipinski definition) is 0. The van der Waals surface area contributed by atoms with E-state index in [0.29, 0.717) is 19.5 Å². The highest BCUT2D eigenvalue weighted by molar-refractivity contribution is 5.81. The van der Waals surface area contributed by atoms with Crippen molar-refractivity contribution in [2.24, 2.45) is 0 Å². The van der Waals surface area contributed by atoms with Gasteiger partial charge in [-0.3, -0.25) is 4.79 Å². The van der Waals surface area contributed by atoms with E-state index >= 15 is 0 Å². The monoisotopic (exact) mass is 359 g/mol. The Labute approximate surface area is 161 Å². The number of carbonyl (C=O) groups is 1. The van der Waals surface area contributed by atoms with E-state index in [1.54, 1.807) is 0 Å². The predicted molar refractivity (Wildman–Crippen MR) is 108 cm³/mol. The average molecular weight is 359 g/mol. The zero-order chi connectivity index (χ0) is 18.9. The lowest BCUT2D eigenvalue weighted by atomic mass is 10.1. The van der Waals surface area contributed by atoms with E-state index in [1.165, 1.54) is 0 Å². The van der Waals surface area contributed by atoms with Crippen LogP contribution in [0.4, 0.5) is 0 Å². The van der Waals surface area contributed by atoms with Crippen LogP contribution in [0.3, 0.4) is 0 Å². The molecular formula is C24H25NO2. The number of hydrogen-bond acceptors (Lipinski definition) is 2. The molecule has 0 spiro atoms. The van der Waals surface area contributed by atoms with Gasteiger partial charge in [-0.05, 0) is 29.7 Å². The summed E-state index contributed by atoms with van der Waals surface area (Å²) in [6.07, 6.45) is 0.119. The molecule has 0 N–H and O–H groups in total. The number of benzene rings is 3. The average Bonchev–Trinajstić information content (AvgIpc) is 2.73. The molecular weight excluding hydrogens is 334 g/mol. The maximum Gasteiger partial charge on any atom is 0.264 e. The third-order valence-corrected chi connectivity index (χ3v) is 4.41. The van der Waals surface area contributed by atoms with Crippen LogP contribution >= 0.6 is 0 Å². The standard InChI is InChI=1S/C24H25NO2/c1-2-23(27-22-16-10-5-11-17-22)24(26)25(18-20-12-6-3-7-13-20)19-21-14-8-4-9-15-21/h3-17,23H,2,18-19H2,1H3/t23-/m1/s1. The third-order valence-electron chi connectivity index (χ3n) is 4.41. The van der Waals surface area contributed by atoms with Gasteiger partial charge in [-0.2, -0.15) is 0 Å². The summed E-state index contributed by atoms with van der Waals surface area (Å²) in [7, 11) is 0. The van der Waals surface area contributed by atoms with Crippen molar-refractivity contribution in [2.75, 3.05) is 0 Å². The second-order valence-corrected chi connectivity index (χ2v) is 6.49. The first kappa shape index (κ1) is 18.7. The summed E-state index contributed by atoms with van der Waals surface area (Å²) >= 11 is 0. The molecule has 0 bridgehead atoms. The number of nitrogens with zero attached hydrogens (tertiary/aromatic N) is 1. The van der Waals surface area contributed by atoms with Gasteiger partial charge in [0.2, 0.25) is 0 Å². The Morgan fingerprint density at radius 3 is 1.67 bits per heavy atom. The number of rotatable bonds is 8. The SMILES string of the molecule is CC[C@@H](Oc1ccccc1)C(=O)N(Cc1ccccc1)Cc1ccccc1. The van der Waals surface area contributed by atoms with E-state index in [-0.39, 0.29) is 5.91 Å². The topological polar surface area (TPSA) is 29.5 Å². The maximum atomic E-state index is 13.3. The number of ether oxygens (including phenoxy) is 1. The van der Waals surface area contributed by atoms with Crippen molar-refractivity contribution in [3.8, 4) is 5.75 Å². The van der Waals surface area contributed by atoms with Crippen LogP contribution in [0, 0.1) is 0 Å². The summed E-state index contributed by atoms with van der Waals surface area (Å²) in [5.41, 5.74) is 2.22. The molecule has 0 unspecified atom stereocenters. The minimum Gasteiger partial charge on any atom is -0.481 e. The molecule has 0 aliphatic heterocycles. The summed E-state index contributed by atoms with van der Waals surface area (Å²) in [4.78, 5) is 15.2. The van der Waals surface area contributed by atoms with E-state index in [4.69, 9.17) is 4.74 Å². The summed E-state index contributed by atoms with van der Waals surface area (Å²) in [5, 5.41) is 0. The van der Waals surface area contributed by atoms with Crippen LogP contribution in [0.2, 0.25) is 0 Å². The van der Waals surface area contributed by atoms with Gasteiger partial charge < -0.3 is 9.64 Å². The fourth-order valence-electron chi connectivity index (χ4n) is 2.99. The molecule has 1 atom stereocenters. The van der Waals surface area contributed by atoms with Crippen LogP contribution in [-0.2, 0) is 17.9 Å². The summed E-state index contributed by atoms with van der Waals surface area (Å²) in [6, 6.07) is 29.7. The quantitative estimate of drug-likeness (QED) is 0.562. The molecule has 1 amide bonds. The number of carbonyl (C=O) groups excluding carboxylic acids is 1.